The van der Waals surface area contributed by atoms with E-state index in [1.54, 1.807) is 0 Å². The Balaban J connectivity index is 1.76. The minimum absolute atomic E-state index is 0.956. The fourth-order valence-corrected chi connectivity index (χ4v) is 3.37. The van der Waals surface area contributed by atoms with E-state index in [0.717, 1.165) is 31.0 Å². The third-order valence-electron chi connectivity index (χ3n) is 4.26. The zero-order chi connectivity index (χ0) is 10.5. The fourth-order valence-electron chi connectivity index (χ4n) is 3.37. The zero-order valence-electron chi connectivity index (χ0n) is 10.0. The molecule has 2 rings (SSSR count). The molecule has 2 unspecified atom stereocenters. The first kappa shape index (κ1) is 11.4. The second-order valence-electron chi connectivity index (χ2n) is 5.30. The molecule has 1 saturated carbocycles. The minimum Gasteiger partial charge on any atom is -0.381 e. The van der Waals surface area contributed by atoms with E-state index in [0.29, 0.717) is 0 Å². The van der Waals surface area contributed by atoms with E-state index in [9.17, 15) is 0 Å². The van der Waals surface area contributed by atoms with Gasteiger partial charge in [-0.15, -0.1) is 0 Å². The molecule has 2 aliphatic rings. The lowest BCUT2D eigenvalue weighted by molar-refractivity contribution is 0.0563. The number of nitrogens with one attached hydrogen (secondary N) is 1. The number of rotatable bonds is 4. The highest BCUT2D eigenvalue weighted by atomic mass is 16.5. The predicted octanol–water partition coefficient (Wildman–Crippen LogP) is 2.44. The Morgan fingerprint density at radius 1 is 1.07 bits per heavy atom. The SMILES string of the molecule is CNCC1CCCC1CC1CCOCC1. The molecular weight excluding hydrogens is 186 g/mol. The van der Waals surface area contributed by atoms with Gasteiger partial charge in [-0.05, 0) is 57.0 Å². The normalized spacial score (nSPS) is 33.4. The number of ether oxygens (including phenoxy) is 1. The third kappa shape index (κ3) is 3.18. The molecule has 1 aliphatic carbocycles. The topological polar surface area (TPSA) is 21.3 Å². The molecule has 0 aromatic carbocycles. The van der Waals surface area contributed by atoms with E-state index in [2.05, 4.69) is 12.4 Å². The maximum Gasteiger partial charge on any atom is 0.0468 e. The summed E-state index contributed by atoms with van der Waals surface area (Å²) in [5, 5.41) is 3.35. The summed E-state index contributed by atoms with van der Waals surface area (Å²) in [6.07, 6.45) is 8.47. The summed E-state index contributed by atoms with van der Waals surface area (Å²) in [5.74, 6) is 2.92. The maximum absolute atomic E-state index is 5.43. The van der Waals surface area contributed by atoms with Gasteiger partial charge in [0.2, 0.25) is 0 Å². The maximum atomic E-state index is 5.43. The van der Waals surface area contributed by atoms with E-state index >= 15 is 0 Å². The van der Waals surface area contributed by atoms with Crippen molar-refractivity contribution in [2.45, 2.75) is 38.5 Å². The van der Waals surface area contributed by atoms with Crippen molar-refractivity contribution in [2.24, 2.45) is 17.8 Å². The van der Waals surface area contributed by atoms with Crippen molar-refractivity contribution in [3.8, 4) is 0 Å². The summed E-state index contributed by atoms with van der Waals surface area (Å²) in [6, 6.07) is 0. The molecule has 0 radical (unpaired) electrons. The molecule has 2 atom stereocenters. The van der Waals surface area contributed by atoms with Crippen LogP contribution in [0.15, 0.2) is 0 Å². The molecule has 1 saturated heterocycles. The van der Waals surface area contributed by atoms with Crippen molar-refractivity contribution in [1.82, 2.24) is 5.32 Å². The Hall–Kier alpha value is -0.0800. The highest BCUT2D eigenvalue weighted by molar-refractivity contribution is 4.81. The van der Waals surface area contributed by atoms with Crippen LogP contribution in [0.1, 0.15) is 38.5 Å². The van der Waals surface area contributed by atoms with Gasteiger partial charge in [-0.2, -0.15) is 0 Å². The average molecular weight is 211 g/mol. The van der Waals surface area contributed by atoms with Crippen molar-refractivity contribution < 1.29 is 4.74 Å². The summed E-state index contributed by atoms with van der Waals surface area (Å²) in [4.78, 5) is 0. The van der Waals surface area contributed by atoms with Crippen LogP contribution >= 0.6 is 0 Å². The van der Waals surface area contributed by atoms with Crippen molar-refractivity contribution in [2.75, 3.05) is 26.8 Å². The van der Waals surface area contributed by atoms with Crippen LogP contribution in [0.5, 0.6) is 0 Å². The van der Waals surface area contributed by atoms with Crippen molar-refractivity contribution in [1.29, 1.82) is 0 Å². The van der Waals surface area contributed by atoms with Gasteiger partial charge in [0.05, 0.1) is 0 Å². The van der Waals surface area contributed by atoms with Gasteiger partial charge in [0, 0.05) is 13.2 Å². The molecule has 15 heavy (non-hydrogen) atoms. The highest BCUT2D eigenvalue weighted by Gasteiger charge is 2.29. The lowest BCUT2D eigenvalue weighted by Gasteiger charge is -2.27. The van der Waals surface area contributed by atoms with Gasteiger partial charge in [0.25, 0.3) is 0 Å². The molecule has 88 valence electrons. The molecular formula is C13H25NO. The van der Waals surface area contributed by atoms with Gasteiger partial charge in [-0.25, -0.2) is 0 Å². The molecule has 0 bridgehead atoms. The number of hydrogen-bond acceptors (Lipinski definition) is 2. The number of hydrogen-bond donors (Lipinski definition) is 1. The lowest BCUT2D eigenvalue weighted by Crippen LogP contribution is -2.25. The van der Waals surface area contributed by atoms with Gasteiger partial charge in [-0.1, -0.05) is 12.8 Å². The summed E-state index contributed by atoms with van der Waals surface area (Å²) in [6.45, 7) is 3.25. The second-order valence-corrected chi connectivity index (χ2v) is 5.30. The molecule has 0 spiro atoms. The predicted molar refractivity (Wildman–Crippen MR) is 62.9 cm³/mol. The smallest absolute Gasteiger partial charge is 0.0468 e. The molecule has 2 heteroatoms. The molecule has 0 amide bonds. The van der Waals surface area contributed by atoms with Crippen molar-refractivity contribution in [3.05, 3.63) is 0 Å². The molecule has 1 heterocycles. The van der Waals surface area contributed by atoms with E-state index in [-0.39, 0.29) is 0 Å². The molecule has 1 aliphatic heterocycles. The zero-order valence-corrected chi connectivity index (χ0v) is 10.0. The Morgan fingerprint density at radius 3 is 2.53 bits per heavy atom. The van der Waals surface area contributed by atoms with Crippen LogP contribution in [0.4, 0.5) is 0 Å². The summed E-state index contributed by atoms with van der Waals surface area (Å²) < 4.78 is 5.43. The lowest BCUT2D eigenvalue weighted by atomic mass is 9.83. The summed E-state index contributed by atoms with van der Waals surface area (Å²) in [5.41, 5.74) is 0. The van der Waals surface area contributed by atoms with Crippen LogP contribution in [0.3, 0.4) is 0 Å². The third-order valence-corrected chi connectivity index (χ3v) is 4.26. The Bertz CT molecular complexity index is 177. The molecule has 0 aromatic rings. The van der Waals surface area contributed by atoms with Crippen molar-refractivity contribution >= 4 is 0 Å². The van der Waals surface area contributed by atoms with E-state index < -0.39 is 0 Å². The first-order valence-corrected chi connectivity index (χ1v) is 6.62. The minimum atomic E-state index is 0.956. The van der Waals surface area contributed by atoms with Crippen LogP contribution in [-0.2, 0) is 4.74 Å². The highest BCUT2D eigenvalue weighted by Crippen LogP contribution is 2.37. The Labute approximate surface area is 93.8 Å². The van der Waals surface area contributed by atoms with Gasteiger partial charge in [-0.3, -0.25) is 0 Å². The second kappa shape index (κ2) is 5.86. The summed E-state index contributed by atoms with van der Waals surface area (Å²) >= 11 is 0. The van der Waals surface area contributed by atoms with Gasteiger partial charge >= 0.3 is 0 Å². The average Bonchev–Trinajstić information content (AvgIpc) is 2.68. The Morgan fingerprint density at radius 2 is 1.80 bits per heavy atom. The van der Waals surface area contributed by atoms with Gasteiger partial charge in [0.15, 0.2) is 0 Å². The van der Waals surface area contributed by atoms with Gasteiger partial charge in [0.1, 0.15) is 0 Å². The molecule has 1 N–H and O–H groups in total. The fraction of sp³-hybridized carbons (Fsp3) is 1.00. The van der Waals surface area contributed by atoms with E-state index in [1.165, 1.54) is 45.1 Å². The molecule has 0 aromatic heterocycles. The standard InChI is InChI=1S/C13H25NO/c1-14-10-13-4-2-3-12(13)9-11-5-7-15-8-6-11/h11-14H,2-10H2,1H3. The first-order valence-electron chi connectivity index (χ1n) is 6.62. The largest absolute Gasteiger partial charge is 0.381 e. The van der Waals surface area contributed by atoms with E-state index in [4.69, 9.17) is 4.74 Å². The summed E-state index contributed by atoms with van der Waals surface area (Å²) in [7, 11) is 2.09. The Kier molecular flexibility index (Phi) is 4.45. The van der Waals surface area contributed by atoms with Crippen LogP contribution in [0.2, 0.25) is 0 Å². The van der Waals surface area contributed by atoms with Crippen LogP contribution < -0.4 is 5.32 Å². The van der Waals surface area contributed by atoms with E-state index in [1.807, 2.05) is 0 Å². The van der Waals surface area contributed by atoms with Crippen LogP contribution in [0, 0.1) is 17.8 Å². The molecule has 2 fully saturated rings. The first-order chi connectivity index (χ1) is 7.40. The van der Waals surface area contributed by atoms with Crippen LogP contribution in [-0.4, -0.2) is 26.8 Å². The monoisotopic (exact) mass is 211 g/mol. The molecule has 2 nitrogen and oxygen atoms in total. The van der Waals surface area contributed by atoms with Crippen LogP contribution in [0.25, 0.3) is 0 Å². The quantitative estimate of drug-likeness (QED) is 0.771. The van der Waals surface area contributed by atoms with Crippen molar-refractivity contribution in [3.63, 3.8) is 0 Å². The van der Waals surface area contributed by atoms with Gasteiger partial charge < -0.3 is 10.1 Å².